The Balaban J connectivity index is 1.94. The molecule has 0 saturated heterocycles. The first-order valence-electron chi connectivity index (χ1n) is 5.76. The first-order valence-corrected chi connectivity index (χ1v) is 6.17. The van der Waals surface area contributed by atoms with Gasteiger partial charge in [-0.05, 0) is 42.5 Å². The van der Waals surface area contributed by atoms with Crippen LogP contribution in [0.15, 0.2) is 52.2 Å². The van der Waals surface area contributed by atoms with Gasteiger partial charge in [-0.2, -0.15) is 18.3 Å². The first kappa shape index (κ1) is 15.0. The topological polar surface area (TPSA) is 49.6 Å². The molecule has 0 saturated carbocycles. The number of hydrogen-bond donors (Lipinski definition) is 2. The molecule has 8 heteroatoms. The summed E-state index contributed by atoms with van der Waals surface area (Å²) >= 11 is 4.92. The molecule has 0 spiro atoms. The fourth-order valence-corrected chi connectivity index (χ4v) is 1.62. The lowest BCUT2D eigenvalue weighted by Gasteiger charge is -2.10. The molecule has 2 rings (SSSR count). The fraction of sp³-hybridized carbons (Fsp3) is 0.0769. The number of thiocarbonyl (C=S) groups is 1. The third-order valence-corrected chi connectivity index (χ3v) is 2.54. The zero-order valence-corrected chi connectivity index (χ0v) is 11.3. The van der Waals surface area contributed by atoms with Crippen LogP contribution < -0.4 is 10.7 Å². The average molecular weight is 313 g/mol. The molecular formula is C13H10F3N3OS. The summed E-state index contributed by atoms with van der Waals surface area (Å²) in [5.41, 5.74) is 1.94. The van der Waals surface area contributed by atoms with Gasteiger partial charge in [0.25, 0.3) is 0 Å². The number of alkyl halides is 3. The molecular weight excluding hydrogens is 303 g/mol. The fourth-order valence-electron chi connectivity index (χ4n) is 1.45. The molecule has 0 amide bonds. The van der Waals surface area contributed by atoms with Crippen LogP contribution in [0.1, 0.15) is 11.3 Å². The van der Waals surface area contributed by atoms with Gasteiger partial charge in [0.1, 0.15) is 5.76 Å². The normalized spacial score (nSPS) is 11.6. The molecule has 2 N–H and O–H groups in total. The van der Waals surface area contributed by atoms with Gasteiger partial charge in [-0.15, -0.1) is 0 Å². The van der Waals surface area contributed by atoms with Gasteiger partial charge in [-0.3, -0.25) is 5.43 Å². The Labute approximate surface area is 123 Å². The minimum absolute atomic E-state index is 0.0668. The third-order valence-electron chi connectivity index (χ3n) is 2.35. The molecule has 1 aromatic heterocycles. The van der Waals surface area contributed by atoms with Crippen molar-refractivity contribution in [1.29, 1.82) is 0 Å². The largest absolute Gasteiger partial charge is 0.463 e. The van der Waals surface area contributed by atoms with E-state index < -0.39 is 11.7 Å². The lowest BCUT2D eigenvalue weighted by Crippen LogP contribution is -2.24. The van der Waals surface area contributed by atoms with Crippen LogP contribution in [0, 0.1) is 0 Å². The van der Waals surface area contributed by atoms with E-state index in [0.29, 0.717) is 5.76 Å². The van der Waals surface area contributed by atoms with Gasteiger partial charge in [0.15, 0.2) is 5.11 Å². The van der Waals surface area contributed by atoms with Crippen LogP contribution in [0.25, 0.3) is 0 Å². The standard InChI is InChI=1S/C13H10F3N3OS/c14-13(15,16)9-3-1-4-10(7-9)18-12(21)19-17-8-11-5-2-6-20-11/h1-8H,(H2,18,19,21)/b17-8+. The van der Waals surface area contributed by atoms with Crippen molar-refractivity contribution in [3.8, 4) is 0 Å². The van der Waals surface area contributed by atoms with Gasteiger partial charge >= 0.3 is 6.18 Å². The van der Waals surface area contributed by atoms with E-state index in [4.69, 9.17) is 16.6 Å². The lowest BCUT2D eigenvalue weighted by molar-refractivity contribution is -0.137. The van der Waals surface area contributed by atoms with Gasteiger partial charge in [0.05, 0.1) is 18.0 Å². The number of anilines is 1. The summed E-state index contributed by atoms with van der Waals surface area (Å²) in [6, 6.07) is 8.09. The van der Waals surface area contributed by atoms with Crippen LogP contribution in [-0.4, -0.2) is 11.3 Å². The number of halogens is 3. The number of benzene rings is 1. The van der Waals surface area contributed by atoms with E-state index in [1.54, 1.807) is 12.1 Å². The second kappa shape index (κ2) is 6.40. The summed E-state index contributed by atoms with van der Waals surface area (Å²) in [5, 5.41) is 6.46. The number of nitrogens with one attached hydrogen (secondary N) is 2. The molecule has 0 unspecified atom stereocenters. The van der Waals surface area contributed by atoms with Crippen LogP contribution in [0.2, 0.25) is 0 Å². The number of hydrogen-bond acceptors (Lipinski definition) is 3. The Kier molecular flexibility index (Phi) is 4.59. The highest BCUT2D eigenvalue weighted by Crippen LogP contribution is 2.30. The quantitative estimate of drug-likeness (QED) is 0.516. The van der Waals surface area contributed by atoms with Crippen LogP contribution in [0.3, 0.4) is 0 Å². The van der Waals surface area contributed by atoms with E-state index in [2.05, 4.69) is 15.8 Å². The Morgan fingerprint density at radius 3 is 2.71 bits per heavy atom. The minimum atomic E-state index is -4.40. The molecule has 1 heterocycles. The molecule has 1 aromatic carbocycles. The SMILES string of the molecule is FC(F)(F)c1cccc(NC(=S)N/N=C/c2ccco2)c1. The van der Waals surface area contributed by atoms with Crippen molar-refractivity contribution in [3.05, 3.63) is 54.0 Å². The van der Waals surface area contributed by atoms with E-state index in [1.807, 2.05) is 0 Å². The molecule has 0 aliphatic heterocycles. The Morgan fingerprint density at radius 1 is 1.24 bits per heavy atom. The molecule has 0 aliphatic carbocycles. The summed E-state index contributed by atoms with van der Waals surface area (Å²) in [5.74, 6) is 0.518. The summed E-state index contributed by atoms with van der Waals surface area (Å²) in [6.45, 7) is 0. The predicted molar refractivity (Wildman–Crippen MR) is 77.1 cm³/mol. The number of hydrazone groups is 1. The highest BCUT2D eigenvalue weighted by Gasteiger charge is 2.30. The zero-order chi connectivity index (χ0) is 15.3. The van der Waals surface area contributed by atoms with Crippen molar-refractivity contribution in [2.24, 2.45) is 5.10 Å². The Morgan fingerprint density at radius 2 is 2.05 bits per heavy atom. The number of furan rings is 1. The van der Waals surface area contributed by atoms with Crippen molar-refractivity contribution in [1.82, 2.24) is 5.43 Å². The summed E-state index contributed by atoms with van der Waals surface area (Å²) in [7, 11) is 0. The molecule has 0 aliphatic rings. The molecule has 21 heavy (non-hydrogen) atoms. The highest BCUT2D eigenvalue weighted by molar-refractivity contribution is 7.80. The summed E-state index contributed by atoms with van der Waals surface area (Å²) in [4.78, 5) is 0. The molecule has 4 nitrogen and oxygen atoms in total. The van der Waals surface area contributed by atoms with Crippen LogP contribution in [0.4, 0.5) is 18.9 Å². The maximum atomic E-state index is 12.6. The van der Waals surface area contributed by atoms with E-state index in [1.165, 1.54) is 24.6 Å². The number of nitrogens with zero attached hydrogens (tertiary/aromatic N) is 1. The number of rotatable bonds is 3. The second-order valence-electron chi connectivity index (χ2n) is 3.92. The van der Waals surface area contributed by atoms with Crippen molar-refractivity contribution in [3.63, 3.8) is 0 Å². The molecule has 0 radical (unpaired) electrons. The van der Waals surface area contributed by atoms with Gasteiger partial charge in [0, 0.05) is 5.69 Å². The van der Waals surface area contributed by atoms with E-state index in [0.717, 1.165) is 12.1 Å². The predicted octanol–water partition coefficient (Wildman–Crippen LogP) is 3.62. The van der Waals surface area contributed by atoms with Crippen molar-refractivity contribution in [2.75, 3.05) is 5.32 Å². The Bertz CT molecular complexity index is 638. The molecule has 110 valence electrons. The van der Waals surface area contributed by atoms with Gasteiger partial charge in [-0.1, -0.05) is 6.07 Å². The molecule has 0 atom stereocenters. The zero-order valence-electron chi connectivity index (χ0n) is 10.5. The van der Waals surface area contributed by atoms with Crippen LogP contribution >= 0.6 is 12.2 Å². The van der Waals surface area contributed by atoms with E-state index >= 15 is 0 Å². The van der Waals surface area contributed by atoms with Crippen LogP contribution in [0.5, 0.6) is 0 Å². The van der Waals surface area contributed by atoms with Crippen molar-refractivity contribution in [2.45, 2.75) is 6.18 Å². The van der Waals surface area contributed by atoms with Crippen LogP contribution in [-0.2, 0) is 6.18 Å². The second-order valence-corrected chi connectivity index (χ2v) is 4.33. The monoisotopic (exact) mass is 313 g/mol. The van der Waals surface area contributed by atoms with Gasteiger partial charge < -0.3 is 9.73 Å². The van der Waals surface area contributed by atoms with Gasteiger partial charge in [0.2, 0.25) is 0 Å². The maximum absolute atomic E-state index is 12.6. The first-order chi connectivity index (χ1) is 9.95. The Hall–Kier alpha value is -2.35. The van der Waals surface area contributed by atoms with Crippen molar-refractivity contribution < 1.29 is 17.6 Å². The smallest absolute Gasteiger partial charge is 0.416 e. The third kappa shape index (κ3) is 4.60. The summed E-state index contributed by atoms with van der Waals surface area (Å²) in [6.07, 6.45) is -1.52. The van der Waals surface area contributed by atoms with E-state index in [-0.39, 0.29) is 10.8 Å². The maximum Gasteiger partial charge on any atom is 0.416 e. The molecule has 2 aromatic rings. The highest BCUT2D eigenvalue weighted by atomic mass is 32.1. The van der Waals surface area contributed by atoms with Crippen molar-refractivity contribution >= 4 is 29.2 Å². The summed E-state index contributed by atoms with van der Waals surface area (Å²) < 4.78 is 42.7. The molecule has 0 fully saturated rings. The average Bonchev–Trinajstić information content (AvgIpc) is 2.91. The minimum Gasteiger partial charge on any atom is -0.463 e. The molecule has 0 bridgehead atoms. The van der Waals surface area contributed by atoms with Gasteiger partial charge in [-0.25, -0.2) is 0 Å². The lowest BCUT2D eigenvalue weighted by atomic mass is 10.2. The van der Waals surface area contributed by atoms with E-state index in [9.17, 15) is 13.2 Å².